The van der Waals surface area contributed by atoms with Crippen molar-refractivity contribution in [2.24, 2.45) is 0 Å². The third kappa shape index (κ3) is 9.45. The van der Waals surface area contributed by atoms with Gasteiger partial charge in [0.25, 0.3) is 0 Å². The molecule has 1 spiro atoms. The van der Waals surface area contributed by atoms with Crippen molar-refractivity contribution in [1.82, 2.24) is 0 Å². The average Bonchev–Trinajstić information content (AvgIpc) is 3.61. The molecule has 5 atom stereocenters. The van der Waals surface area contributed by atoms with Crippen molar-refractivity contribution in [1.29, 1.82) is 0 Å². The van der Waals surface area contributed by atoms with Crippen LogP contribution in [0.4, 0.5) is 0 Å². The molecule has 2 aliphatic rings. The Bertz CT molecular complexity index is 2120. The second-order valence-electron chi connectivity index (χ2n) is 15.4. The number of hydrogen-bond acceptors (Lipinski definition) is 6. The van der Waals surface area contributed by atoms with Crippen LogP contribution in [0.15, 0.2) is 164 Å². The number of ether oxygens (including phenoxy) is 6. The topological polar surface area (TPSA) is 55.4 Å². The van der Waals surface area contributed by atoms with E-state index in [-0.39, 0.29) is 6.61 Å². The average molecular weight is 761 g/mol. The first-order chi connectivity index (χ1) is 28.0. The minimum Gasteiger partial charge on any atom is -0.374 e. The Kier molecular flexibility index (Phi) is 12.7. The lowest BCUT2D eigenvalue weighted by molar-refractivity contribution is -0.387. The molecule has 8 rings (SSSR count). The fourth-order valence-corrected chi connectivity index (χ4v) is 7.87. The van der Waals surface area contributed by atoms with Crippen LogP contribution in [0.5, 0.6) is 0 Å². The Labute approximate surface area is 337 Å². The summed E-state index contributed by atoms with van der Waals surface area (Å²) in [5, 5.41) is 0. The van der Waals surface area contributed by atoms with Crippen molar-refractivity contribution in [3.63, 3.8) is 0 Å². The third-order valence-electron chi connectivity index (χ3n) is 11.0. The van der Waals surface area contributed by atoms with Gasteiger partial charge in [0, 0.05) is 5.56 Å². The summed E-state index contributed by atoms with van der Waals surface area (Å²) in [6.45, 7) is 6.57. The molecule has 1 fully saturated rings. The molecule has 6 nitrogen and oxygen atoms in total. The van der Waals surface area contributed by atoms with Crippen LogP contribution in [0.3, 0.4) is 0 Å². The maximum atomic E-state index is 7.35. The van der Waals surface area contributed by atoms with E-state index >= 15 is 0 Å². The van der Waals surface area contributed by atoms with Crippen LogP contribution in [-0.4, -0.2) is 31.0 Å². The number of hydrogen-bond donors (Lipinski definition) is 0. The molecule has 0 aliphatic carbocycles. The predicted octanol–water partition coefficient (Wildman–Crippen LogP) is 10.5. The molecule has 6 heteroatoms. The van der Waals surface area contributed by atoms with Gasteiger partial charge >= 0.3 is 0 Å². The maximum Gasteiger partial charge on any atom is 0.225 e. The molecule has 1 saturated heterocycles. The second kappa shape index (κ2) is 18.6. The molecule has 0 bridgehead atoms. The lowest BCUT2D eigenvalue weighted by atomic mass is 9.85. The molecular formula is C51H52O6. The molecule has 2 aliphatic heterocycles. The van der Waals surface area contributed by atoms with Gasteiger partial charge in [-0.2, -0.15) is 0 Å². The van der Waals surface area contributed by atoms with Gasteiger partial charge in [-0.3, -0.25) is 0 Å². The van der Waals surface area contributed by atoms with Crippen LogP contribution in [0.25, 0.3) is 0 Å². The Hall–Kier alpha value is -4.92. The highest BCUT2D eigenvalue weighted by Gasteiger charge is 2.61. The van der Waals surface area contributed by atoms with Crippen molar-refractivity contribution < 1.29 is 28.4 Å². The molecule has 0 saturated carbocycles. The molecule has 6 aromatic carbocycles. The first-order valence-corrected chi connectivity index (χ1v) is 20.2. The monoisotopic (exact) mass is 760 g/mol. The SMILES string of the molecule is CC(C)c1ccc(Cc2ccc3c(c2)[C@]2(OC3)O[C@H](COCc3ccccc3)[C@@H](OCc3ccccc3)[C@H](OCc3ccccc3)[C@H]2OCc2ccccc2)cc1. The number of benzene rings is 6. The van der Waals surface area contributed by atoms with Crippen molar-refractivity contribution >= 4 is 0 Å². The van der Waals surface area contributed by atoms with Gasteiger partial charge in [0.05, 0.1) is 39.6 Å². The Balaban J connectivity index is 1.19. The lowest BCUT2D eigenvalue weighted by Crippen LogP contribution is -2.65. The fourth-order valence-electron chi connectivity index (χ4n) is 7.87. The highest BCUT2D eigenvalue weighted by atomic mass is 16.7. The molecular weight excluding hydrogens is 709 g/mol. The van der Waals surface area contributed by atoms with Gasteiger partial charge in [-0.1, -0.05) is 172 Å². The standard InChI is InChI=1S/C51H52O6/c1-37(2)44-26-23-38(24-27-44)29-43-25-28-45-35-56-51(46(45)30-43)50(55-34-42-21-13-6-14-22-42)49(54-33-41-19-11-5-12-20-41)48(53-32-40-17-9-4-10-18-40)47(57-51)36-52-31-39-15-7-3-8-16-39/h3-28,30,37,47-50H,29,31-36H2,1-2H3/t47-,48-,49+,50-,51+/m1/s1. The summed E-state index contributed by atoms with van der Waals surface area (Å²) in [4.78, 5) is 0. The van der Waals surface area contributed by atoms with Gasteiger partial charge in [-0.05, 0) is 62.9 Å². The van der Waals surface area contributed by atoms with Gasteiger partial charge in [0.2, 0.25) is 5.79 Å². The van der Waals surface area contributed by atoms with E-state index < -0.39 is 30.2 Å². The first kappa shape index (κ1) is 38.9. The van der Waals surface area contributed by atoms with Crippen LogP contribution < -0.4 is 0 Å². The third-order valence-corrected chi connectivity index (χ3v) is 11.0. The van der Waals surface area contributed by atoms with Crippen LogP contribution in [0.2, 0.25) is 0 Å². The van der Waals surface area contributed by atoms with E-state index in [1.165, 1.54) is 16.7 Å². The zero-order chi connectivity index (χ0) is 38.9. The molecule has 6 aromatic rings. The van der Waals surface area contributed by atoms with Crippen molar-refractivity contribution in [2.75, 3.05) is 6.61 Å². The van der Waals surface area contributed by atoms with E-state index in [2.05, 4.69) is 105 Å². The van der Waals surface area contributed by atoms with E-state index in [1.54, 1.807) is 0 Å². The summed E-state index contributed by atoms with van der Waals surface area (Å²) in [5.74, 6) is -0.814. The maximum absolute atomic E-state index is 7.35. The van der Waals surface area contributed by atoms with Crippen molar-refractivity contribution in [2.45, 2.75) is 89.4 Å². The Morgan fingerprint density at radius 2 is 1.05 bits per heavy atom. The number of rotatable bonds is 16. The van der Waals surface area contributed by atoms with Gasteiger partial charge < -0.3 is 28.4 Å². The second-order valence-corrected chi connectivity index (χ2v) is 15.4. The molecule has 0 amide bonds. The number of fused-ring (bicyclic) bond motifs is 2. The zero-order valence-corrected chi connectivity index (χ0v) is 32.9. The van der Waals surface area contributed by atoms with Crippen molar-refractivity contribution in [3.8, 4) is 0 Å². The summed E-state index contributed by atoms with van der Waals surface area (Å²) in [6.07, 6.45) is -1.65. The molecule has 2 heterocycles. The van der Waals surface area contributed by atoms with E-state index in [4.69, 9.17) is 28.4 Å². The fraction of sp³-hybridized carbons (Fsp3) is 0.294. The van der Waals surface area contributed by atoms with Crippen LogP contribution in [0.1, 0.15) is 69.8 Å². The van der Waals surface area contributed by atoms with E-state index in [1.807, 2.05) is 72.8 Å². The summed E-state index contributed by atoms with van der Waals surface area (Å²) in [5.41, 5.74) is 10.0. The van der Waals surface area contributed by atoms with Crippen LogP contribution >= 0.6 is 0 Å². The lowest BCUT2D eigenvalue weighted by Gasteiger charge is -2.51. The van der Waals surface area contributed by atoms with Crippen LogP contribution in [-0.2, 0) is 73.7 Å². The summed E-state index contributed by atoms with van der Waals surface area (Å²) in [6, 6.07) is 56.5. The van der Waals surface area contributed by atoms with Gasteiger partial charge in [0.15, 0.2) is 0 Å². The van der Waals surface area contributed by atoms with Crippen molar-refractivity contribution in [3.05, 3.63) is 214 Å². The Morgan fingerprint density at radius 3 is 1.61 bits per heavy atom. The normalized spacial score (nSPS) is 21.5. The molecule has 0 aromatic heterocycles. The molecule has 0 radical (unpaired) electrons. The Morgan fingerprint density at radius 1 is 0.544 bits per heavy atom. The molecule has 0 unspecified atom stereocenters. The highest BCUT2D eigenvalue weighted by molar-refractivity contribution is 5.41. The van der Waals surface area contributed by atoms with E-state index in [0.29, 0.717) is 39.0 Å². The summed E-state index contributed by atoms with van der Waals surface area (Å²) >= 11 is 0. The summed E-state index contributed by atoms with van der Waals surface area (Å²) < 4.78 is 41.8. The first-order valence-electron chi connectivity index (χ1n) is 20.2. The van der Waals surface area contributed by atoms with Gasteiger partial charge in [0.1, 0.15) is 24.4 Å². The highest BCUT2D eigenvalue weighted by Crippen LogP contribution is 2.49. The zero-order valence-electron chi connectivity index (χ0n) is 32.9. The quantitative estimate of drug-likeness (QED) is 0.0979. The van der Waals surface area contributed by atoms with E-state index in [9.17, 15) is 0 Å². The minimum atomic E-state index is -1.30. The molecule has 292 valence electrons. The molecule has 57 heavy (non-hydrogen) atoms. The minimum absolute atomic E-state index is 0.257. The molecule has 0 N–H and O–H groups in total. The van der Waals surface area contributed by atoms with Gasteiger partial charge in [-0.15, -0.1) is 0 Å². The smallest absolute Gasteiger partial charge is 0.225 e. The van der Waals surface area contributed by atoms with E-state index in [0.717, 1.165) is 39.8 Å². The largest absolute Gasteiger partial charge is 0.374 e. The van der Waals surface area contributed by atoms with Crippen LogP contribution in [0, 0.1) is 0 Å². The predicted molar refractivity (Wildman–Crippen MR) is 222 cm³/mol. The summed E-state index contributed by atoms with van der Waals surface area (Å²) in [7, 11) is 0. The van der Waals surface area contributed by atoms with Gasteiger partial charge in [-0.25, -0.2) is 0 Å².